The Hall–Kier alpha value is -6.90. The van der Waals surface area contributed by atoms with E-state index in [1.165, 1.54) is 64.6 Å². The lowest BCUT2D eigenvalue weighted by molar-refractivity contribution is 0.669. The van der Waals surface area contributed by atoms with Gasteiger partial charge in [-0.1, -0.05) is 140 Å². The van der Waals surface area contributed by atoms with Gasteiger partial charge in [-0.15, -0.1) is 0 Å². The Kier molecular flexibility index (Phi) is 5.53. The van der Waals surface area contributed by atoms with Crippen LogP contribution in [0.25, 0.3) is 97.7 Å². The molecule has 0 radical (unpaired) electrons. The van der Waals surface area contributed by atoms with E-state index in [1.807, 2.05) is 6.07 Å². The summed E-state index contributed by atoms with van der Waals surface area (Å²) < 4.78 is 6.33. The highest BCUT2D eigenvalue weighted by molar-refractivity contribution is 6.28. The quantitative estimate of drug-likeness (QED) is 0.175. The molecule has 11 aromatic carbocycles. The molecule has 0 atom stereocenters. The maximum atomic E-state index is 6.33. The molecule has 12 rings (SSSR count). The molecule has 0 bridgehead atoms. The number of hydrogen-bond donors (Lipinski definition) is 0. The lowest BCUT2D eigenvalue weighted by atomic mass is 9.91. The number of rotatable bonds is 4. The molecule has 0 saturated heterocycles. The molecule has 2 heteroatoms. The van der Waals surface area contributed by atoms with Crippen molar-refractivity contribution in [2.24, 2.45) is 0 Å². The van der Waals surface area contributed by atoms with E-state index in [1.54, 1.807) is 0 Å². The van der Waals surface area contributed by atoms with Crippen LogP contribution in [0.4, 0.5) is 17.1 Å². The highest BCUT2D eigenvalue weighted by Gasteiger charge is 2.22. The molecule has 0 N–H and O–H groups in total. The minimum atomic E-state index is 0.902. The second kappa shape index (κ2) is 10.3. The average Bonchev–Trinajstić information content (AvgIpc) is 3.59. The van der Waals surface area contributed by atoms with E-state index in [2.05, 4.69) is 175 Å². The number of furan rings is 1. The van der Waals surface area contributed by atoms with Crippen molar-refractivity contribution in [1.82, 2.24) is 0 Å². The fourth-order valence-electron chi connectivity index (χ4n) is 9.07. The van der Waals surface area contributed by atoms with Gasteiger partial charge in [0.25, 0.3) is 0 Å². The molecule has 2 nitrogen and oxygen atoms in total. The van der Waals surface area contributed by atoms with E-state index in [9.17, 15) is 0 Å². The van der Waals surface area contributed by atoms with E-state index in [4.69, 9.17) is 4.42 Å². The van der Waals surface area contributed by atoms with Crippen molar-refractivity contribution in [3.63, 3.8) is 0 Å². The Morgan fingerprint density at radius 1 is 0.327 bits per heavy atom. The van der Waals surface area contributed by atoms with Gasteiger partial charge in [-0.2, -0.15) is 0 Å². The van der Waals surface area contributed by atoms with Gasteiger partial charge in [0.1, 0.15) is 11.2 Å². The fourth-order valence-corrected chi connectivity index (χ4v) is 9.07. The molecular formula is C50H29NO. The number of nitrogens with zero attached hydrogens (tertiary/aromatic N) is 1. The average molecular weight is 660 g/mol. The van der Waals surface area contributed by atoms with Crippen molar-refractivity contribution < 1.29 is 4.42 Å². The summed E-state index contributed by atoms with van der Waals surface area (Å²) in [6.07, 6.45) is 0. The van der Waals surface area contributed by atoms with Crippen molar-refractivity contribution in [3.8, 4) is 11.1 Å². The third-order valence-electron chi connectivity index (χ3n) is 11.3. The normalized spacial score (nSPS) is 12.2. The molecule has 52 heavy (non-hydrogen) atoms. The lowest BCUT2D eigenvalue weighted by Gasteiger charge is -2.30. The van der Waals surface area contributed by atoms with Crippen LogP contribution in [0.5, 0.6) is 0 Å². The lowest BCUT2D eigenvalue weighted by Crippen LogP contribution is -2.11. The highest BCUT2D eigenvalue weighted by Crippen LogP contribution is 2.48. The van der Waals surface area contributed by atoms with Gasteiger partial charge in [0.2, 0.25) is 0 Å². The maximum absolute atomic E-state index is 6.33. The monoisotopic (exact) mass is 659 g/mol. The van der Waals surface area contributed by atoms with Gasteiger partial charge in [0.15, 0.2) is 0 Å². The zero-order valence-electron chi connectivity index (χ0n) is 28.1. The third-order valence-corrected chi connectivity index (χ3v) is 11.3. The van der Waals surface area contributed by atoms with Gasteiger partial charge in [-0.25, -0.2) is 0 Å². The number of benzene rings is 11. The van der Waals surface area contributed by atoms with Gasteiger partial charge in [-0.05, 0) is 101 Å². The van der Waals surface area contributed by atoms with Crippen LogP contribution in [0.1, 0.15) is 0 Å². The Bertz CT molecular complexity index is 3190. The van der Waals surface area contributed by atoms with Crippen molar-refractivity contribution in [3.05, 3.63) is 176 Å². The second-order valence-electron chi connectivity index (χ2n) is 14.0. The van der Waals surface area contributed by atoms with Gasteiger partial charge < -0.3 is 9.32 Å². The molecule has 240 valence electrons. The van der Waals surface area contributed by atoms with Crippen LogP contribution < -0.4 is 4.90 Å². The summed E-state index contributed by atoms with van der Waals surface area (Å²) in [7, 11) is 0. The summed E-state index contributed by atoms with van der Waals surface area (Å²) >= 11 is 0. The zero-order chi connectivity index (χ0) is 33.9. The van der Waals surface area contributed by atoms with Crippen molar-refractivity contribution >= 4 is 104 Å². The Morgan fingerprint density at radius 2 is 0.827 bits per heavy atom. The summed E-state index contributed by atoms with van der Waals surface area (Å²) in [6.45, 7) is 0. The SMILES string of the molecule is c1cc(-c2cccc3oc4ccccc4c23)cc(N(c2ccc3ccc4cccc5ccc2c3c45)c2ccc3ccc4cccc5ccc2c3c45)c1. The van der Waals surface area contributed by atoms with Gasteiger partial charge >= 0.3 is 0 Å². The Morgan fingerprint density at radius 3 is 1.46 bits per heavy atom. The molecule has 0 aliphatic rings. The topological polar surface area (TPSA) is 16.4 Å². The summed E-state index contributed by atoms with van der Waals surface area (Å²) in [5.41, 5.74) is 7.54. The Balaban J connectivity index is 1.18. The van der Waals surface area contributed by atoms with Crippen molar-refractivity contribution in [1.29, 1.82) is 0 Å². The van der Waals surface area contributed by atoms with E-state index >= 15 is 0 Å². The van der Waals surface area contributed by atoms with Crippen LogP contribution in [-0.4, -0.2) is 0 Å². The molecular weight excluding hydrogens is 631 g/mol. The summed E-state index contributed by atoms with van der Waals surface area (Å²) in [5, 5.41) is 17.6. The summed E-state index contributed by atoms with van der Waals surface area (Å²) in [6, 6.07) is 64.5. The van der Waals surface area contributed by atoms with Crippen LogP contribution in [-0.2, 0) is 0 Å². The minimum Gasteiger partial charge on any atom is -0.456 e. The number of fused-ring (bicyclic) bond motifs is 3. The van der Waals surface area contributed by atoms with E-state index in [-0.39, 0.29) is 0 Å². The first-order chi connectivity index (χ1) is 25.8. The zero-order valence-corrected chi connectivity index (χ0v) is 28.1. The van der Waals surface area contributed by atoms with Crippen molar-refractivity contribution in [2.75, 3.05) is 4.90 Å². The first kappa shape index (κ1) is 27.9. The predicted molar refractivity (Wildman–Crippen MR) is 221 cm³/mol. The molecule has 0 aliphatic heterocycles. The molecule has 0 aliphatic carbocycles. The van der Waals surface area contributed by atoms with Gasteiger partial charge in [0, 0.05) is 27.2 Å². The maximum Gasteiger partial charge on any atom is 0.136 e. The molecule has 0 spiro atoms. The van der Waals surface area contributed by atoms with Crippen molar-refractivity contribution in [2.45, 2.75) is 0 Å². The van der Waals surface area contributed by atoms with Crippen LogP contribution in [0.2, 0.25) is 0 Å². The standard InChI is InChI=1S/C50H29NO/c1-2-15-44-41(13-1)50-38(14-6-16-45(50)52-44)36-11-5-12-37(29-36)51(42-27-23-34-19-17-30-7-3-9-32-21-25-39(42)48(34)46(30)32)43-28-24-35-20-18-31-8-4-10-33-22-26-40(43)49(35)47(31)33/h1-29H. The first-order valence-corrected chi connectivity index (χ1v) is 17.9. The van der Waals surface area contributed by atoms with Gasteiger partial charge in [-0.3, -0.25) is 0 Å². The van der Waals surface area contributed by atoms with Crippen LogP contribution in [0.3, 0.4) is 0 Å². The number of para-hydroxylation sites is 1. The number of hydrogen-bond acceptors (Lipinski definition) is 2. The highest BCUT2D eigenvalue weighted by atomic mass is 16.3. The largest absolute Gasteiger partial charge is 0.456 e. The van der Waals surface area contributed by atoms with Crippen LogP contribution >= 0.6 is 0 Å². The minimum absolute atomic E-state index is 0.902. The molecule has 1 aromatic heterocycles. The fraction of sp³-hybridized carbons (Fsp3) is 0. The molecule has 0 amide bonds. The summed E-state index contributed by atoms with van der Waals surface area (Å²) in [5.74, 6) is 0. The summed E-state index contributed by atoms with van der Waals surface area (Å²) in [4.78, 5) is 2.49. The molecule has 1 heterocycles. The predicted octanol–water partition coefficient (Wildman–Crippen LogP) is 14.5. The molecule has 0 fully saturated rings. The smallest absolute Gasteiger partial charge is 0.136 e. The molecule has 0 saturated carbocycles. The van der Waals surface area contributed by atoms with Crippen LogP contribution in [0, 0.1) is 0 Å². The van der Waals surface area contributed by atoms with E-state index in [0.29, 0.717) is 0 Å². The second-order valence-corrected chi connectivity index (χ2v) is 14.0. The van der Waals surface area contributed by atoms with Crippen LogP contribution in [0.15, 0.2) is 180 Å². The van der Waals surface area contributed by atoms with E-state index < -0.39 is 0 Å². The molecule has 12 aromatic rings. The van der Waals surface area contributed by atoms with E-state index in [0.717, 1.165) is 50.1 Å². The Labute approximate surface area is 299 Å². The van der Waals surface area contributed by atoms with Gasteiger partial charge in [0.05, 0.1) is 11.4 Å². The number of anilines is 3. The third kappa shape index (κ3) is 3.78. The molecule has 0 unspecified atom stereocenters. The first-order valence-electron chi connectivity index (χ1n) is 17.9.